The number of rotatable bonds is 3. The van der Waals surface area contributed by atoms with Gasteiger partial charge in [0, 0.05) is 5.69 Å². The summed E-state index contributed by atoms with van der Waals surface area (Å²) in [7, 11) is 0. The Morgan fingerprint density at radius 2 is 1.74 bits per heavy atom. The molecular formula is C14H8ClF3N4O. The summed E-state index contributed by atoms with van der Waals surface area (Å²) in [5, 5.41) is 3.24. The minimum absolute atomic E-state index is 0.282. The number of pyridine rings is 1. The first kappa shape index (κ1) is 15.3. The number of halogens is 4. The van der Waals surface area contributed by atoms with Crippen molar-refractivity contribution in [2.24, 2.45) is 0 Å². The van der Waals surface area contributed by atoms with Gasteiger partial charge >= 0.3 is 6.36 Å². The molecule has 0 aliphatic carbocycles. The van der Waals surface area contributed by atoms with Crippen molar-refractivity contribution in [3.63, 3.8) is 0 Å². The van der Waals surface area contributed by atoms with Crippen LogP contribution in [0.15, 0.2) is 42.7 Å². The van der Waals surface area contributed by atoms with Gasteiger partial charge in [-0.05, 0) is 36.4 Å². The highest BCUT2D eigenvalue weighted by Gasteiger charge is 2.30. The Labute approximate surface area is 133 Å². The van der Waals surface area contributed by atoms with Crippen LogP contribution >= 0.6 is 11.6 Å². The zero-order chi connectivity index (χ0) is 16.4. The molecule has 0 bridgehead atoms. The molecule has 0 aliphatic rings. The van der Waals surface area contributed by atoms with Crippen molar-refractivity contribution < 1.29 is 17.9 Å². The summed E-state index contributed by atoms with van der Waals surface area (Å²) >= 11 is 5.86. The second-order valence-corrected chi connectivity index (χ2v) is 4.81. The molecule has 1 aromatic carbocycles. The van der Waals surface area contributed by atoms with E-state index in [9.17, 15) is 13.2 Å². The lowest BCUT2D eigenvalue weighted by Crippen LogP contribution is -2.16. The van der Waals surface area contributed by atoms with E-state index in [1.54, 1.807) is 12.1 Å². The summed E-state index contributed by atoms with van der Waals surface area (Å²) in [5.41, 5.74) is 1.56. The fourth-order valence-corrected chi connectivity index (χ4v) is 2.03. The first-order chi connectivity index (χ1) is 10.9. The minimum Gasteiger partial charge on any atom is -0.406 e. The molecule has 0 atom stereocenters. The molecule has 23 heavy (non-hydrogen) atoms. The average Bonchev–Trinajstić information content (AvgIpc) is 2.48. The van der Waals surface area contributed by atoms with E-state index in [4.69, 9.17) is 11.6 Å². The number of benzene rings is 1. The van der Waals surface area contributed by atoms with Gasteiger partial charge in [0.25, 0.3) is 0 Å². The molecule has 0 fully saturated rings. The molecule has 118 valence electrons. The summed E-state index contributed by atoms with van der Waals surface area (Å²) < 4.78 is 40.2. The Morgan fingerprint density at radius 1 is 1.00 bits per heavy atom. The van der Waals surface area contributed by atoms with Gasteiger partial charge < -0.3 is 10.1 Å². The third kappa shape index (κ3) is 3.78. The summed E-state index contributed by atoms with van der Waals surface area (Å²) in [5.74, 6) is 0.0822. The molecule has 1 N–H and O–H groups in total. The lowest BCUT2D eigenvalue weighted by Gasteiger charge is -2.10. The number of anilines is 2. The average molecular weight is 341 g/mol. The van der Waals surface area contributed by atoms with Crippen molar-refractivity contribution in [2.75, 3.05) is 5.32 Å². The Balaban J connectivity index is 1.86. The third-order valence-electron chi connectivity index (χ3n) is 2.80. The molecule has 0 amide bonds. The minimum atomic E-state index is -4.72. The molecule has 2 aromatic heterocycles. The van der Waals surface area contributed by atoms with Crippen molar-refractivity contribution in [2.45, 2.75) is 6.36 Å². The van der Waals surface area contributed by atoms with E-state index in [2.05, 4.69) is 25.0 Å². The highest BCUT2D eigenvalue weighted by atomic mass is 35.5. The largest absolute Gasteiger partial charge is 0.573 e. The summed E-state index contributed by atoms with van der Waals surface area (Å²) in [4.78, 5) is 12.3. The molecule has 3 aromatic rings. The molecule has 0 saturated carbocycles. The van der Waals surface area contributed by atoms with Crippen LogP contribution in [0.2, 0.25) is 5.15 Å². The predicted molar refractivity (Wildman–Crippen MR) is 78.8 cm³/mol. The Bertz CT molecular complexity index is 840. The quantitative estimate of drug-likeness (QED) is 0.719. The van der Waals surface area contributed by atoms with Crippen molar-refractivity contribution in [3.05, 3.63) is 47.9 Å². The van der Waals surface area contributed by atoms with Gasteiger partial charge in [-0.1, -0.05) is 11.6 Å². The van der Waals surface area contributed by atoms with Gasteiger partial charge in [0.1, 0.15) is 22.7 Å². The van der Waals surface area contributed by atoms with Crippen LogP contribution < -0.4 is 10.1 Å². The van der Waals surface area contributed by atoms with Crippen LogP contribution in [0.5, 0.6) is 5.75 Å². The van der Waals surface area contributed by atoms with Crippen LogP contribution in [-0.2, 0) is 0 Å². The number of fused-ring (bicyclic) bond motifs is 1. The van der Waals surface area contributed by atoms with E-state index >= 15 is 0 Å². The number of nitrogens with zero attached hydrogens (tertiary/aromatic N) is 3. The second-order valence-electron chi connectivity index (χ2n) is 4.42. The maximum absolute atomic E-state index is 12.1. The van der Waals surface area contributed by atoms with Gasteiger partial charge in [-0.3, -0.25) is 0 Å². The number of alkyl halides is 3. The van der Waals surface area contributed by atoms with Crippen molar-refractivity contribution in [3.8, 4) is 5.75 Å². The molecule has 5 nitrogen and oxygen atoms in total. The van der Waals surface area contributed by atoms with E-state index < -0.39 is 6.36 Å². The van der Waals surface area contributed by atoms with E-state index in [-0.39, 0.29) is 10.9 Å². The van der Waals surface area contributed by atoms with Gasteiger partial charge in [0.15, 0.2) is 5.82 Å². The van der Waals surface area contributed by atoms with Gasteiger partial charge in [0.2, 0.25) is 0 Å². The molecule has 9 heteroatoms. The predicted octanol–water partition coefficient (Wildman–Crippen LogP) is 4.32. The van der Waals surface area contributed by atoms with Crippen molar-refractivity contribution in [1.82, 2.24) is 15.0 Å². The SMILES string of the molecule is FC(F)(F)Oc1ccc(Nc2ncnc3ccc(Cl)nc23)cc1. The number of aromatic nitrogens is 3. The van der Waals surface area contributed by atoms with E-state index in [0.717, 1.165) is 0 Å². The summed E-state index contributed by atoms with van der Waals surface area (Å²) in [6.07, 6.45) is -3.38. The van der Waals surface area contributed by atoms with Crippen LogP contribution in [-0.4, -0.2) is 21.3 Å². The van der Waals surface area contributed by atoms with Crippen LogP contribution in [0.1, 0.15) is 0 Å². The molecular weight excluding hydrogens is 333 g/mol. The second kappa shape index (κ2) is 5.88. The van der Waals surface area contributed by atoms with E-state index in [1.165, 1.54) is 30.6 Å². The zero-order valence-corrected chi connectivity index (χ0v) is 12.1. The van der Waals surface area contributed by atoms with Gasteiger partial charge in [-0.15, -0.1) is 13.2 Å². The number of nitrogens with one attached hydrogen (secondary N) is 1. The Kier molecular flexibility index (Phi) is 3.91. The van der Waals surface area contributed by atoms with Crippen LogP contribution in [0.3, 0.4) is 0 Å². The van der Waals surface area contributed by atoms with Crippen molar-refractivity contribution >= 4 is 34.1 Å². The first-order valence-electron chi connectivity index (χ1n) is 6.31. The highest BCUT2D eigenvalue weighted by molar-refractivity contribution is 6.29. The van der Waals surface area contributed by atoms with Gasteiger partial charge in [-0.25, -0.2) is 15.0 Å². The molecule has 0 spiro atoms. The molecule has 0 unspecified atom stereocenters. The fraction of sp³-hybridized carbons (Fsp3) is 0.0714. The Hall–Kier alpha value is -2.61. The van der Waals surface area contributed by atoms with Gasteiger partial charge in [-0.2, -0.15) is 0 Å². The van der Waals surface area contributed by atoms with Crippen molar-refractivity contribution in [1.29, 1.82) is 0 Å². The lowest BCUT2D eigenvalue weighted by atomic mass is 10.3. The number of ether oxygens (including phenoxy) is 1. The van der Waals surface area contributed by atoms with Crippen LogP contribution in [0.4, 0.5) is 24.7 Å². The standard InChI is InChI=1S/C14H8ClF3N4O/c15-11-6-5-10-12(22-11)13(20-7-19-10)21-8-1-3-9(4-2-8)23-14(16,17)18/h1-7H,(H,19,20,21). The monoisotopic (exact) mass is 340 g/mol. The maximum atomic E-state index is 12.1. The third-order valence-corrected chi connectivity index (χ3v) is 3.01. The molecule has 0 saturated heterocycles. The van der Waals surface area contributed by atoms with Crippen LogP contribution in [0, 0.1) is 0 Å². The summed E-state index contributed by atoms with van der Waals surface area (Å²) in [6.45, 7) is 0. The molecule has 0 aliphatic heterocycles. The lowest BCUT2D eigenvalue weighted by molar-refractivity contribution is -0.274. The van der Waals surface area contributed by atoms with Gasteiger partial charge in [0.05, 0.1) is 5.52 Å². The molecule has 2 heterocycles. The Morgan fingerprint density at radius 3 is 2.43 bits per heavy atom. The molecule has 3 rings (SSSR count). The normalized spacial score (nSPS) is 11.5. The number of hydrogen-bond acceptors (Lipinski definition) is 5. The topological polar surface area (TPSA) is 59.9 Å². The maximum Gasteiger partial charge on any atom is 0.573 e. The van der Waals surface area contributed by atoms with Crippen LogP contribution in [0.25, 0.3) is 11.0 Å². The number of hydrogen-bond donors (Lipinski definition) is 1. The fourth-order valence-electron chi connectivity index (χ4n) is 1.88. The smallest absolute Gasteiger partial charge is 0.406 e. The zero-order valence-electron chi connectivity index (χ0n) is 11.3. The molecule has 0 radical (unpaired) electrons. The highest BCUT2D eigenvalue weighted by Crippen LogP contribution is 2.26. The summed E-state index contributed by atoms with van der Waals surface area (Å²) in [6, 6.07) is 8.54. The van der Waals surface area contributed by atoms with E-state index in [0.29, 0.717) is 22.5 Å². The van der Waals surface area contributed by atoms with E-state index in [1.807, 2.05) is 0 Å². The first-order valence-corrected chi connectivity index (χ1v) is 6.69.